The SMILES string of the molecule is COC(=O)C=CN(C)CC1CCN(C)C1. The lowest BCUT2D eigenvalue weighted by Crippen LogP contribution is -2.23. The zero-order valence-corrected chi connectivity index (χ0v) is 9.77. The van der Waals surface area contributed by atoms with Crippen LogP contribution in [0.5, 0.6) is 0 Å². The number of methoxy groups -OCH3 is 1. The lowest BCUT2D eigenvalue weighted by molar-refractivity contribution is -0.134. The van der Waals surface area contributed by atoms with Crippen molar-refractivity contribution >= 4 is 5.97 Å². The molecule has 0 aromatic rings. The number of likely N-dealkylation sites (tertiary alicyclic amines) is 1. The van der Waals surface area contributed by atoms with E-state index in [9.17, 15) is 4.79 Å². The summed E-state index contributed by atoms with van der Waals surface area (Å²) in [4.78, 5) is 15.2. The predicted octanol–water partition coefficient (Wildman–Crippen LogP) is 0.557. The maximum absolute atomic E-state index is 10.9. The molecule has 1 aliphatic rings. The van der Waals surface area contributed by atoms with E-state index in [0.29, 0.717) is 5.92 Å². The highest BCUT2D eigenvalue weighted by Crippen LogP contribution is 2.14. The molecule has 0 aromatic heterocycles. The number of carbonyl (C=O) groups is 1. The third-order valence-electron chi connectivity index (χ3n) is 2.70. The summed E-state index contributed by atoms with van der Waals surface area (Å²) in [7, 11) is 5.51. The van der Waals surface area contributed by atoms with Crippen LogP contribution in [0.3, 0.4) is 0 Å². The van der Waals surface area contributed by atoms with Crippen LogP contribution in [0.1, 0.15) is 6.42 Å². The van der Waals surface area contributed by atoms with Gasteiger partial charge in [-0.2, -0.15) is 0 Å². The second-order valence-corrected chi connectivity index (χ2v) is 4.20. The van der Waals surface area contributed by atoms with Crippen LogP contribution >= 0.6 is 0 Å². The average molecular weight is 212 g/mol. The molecule has 1 fully saturated rings. The second-order valence-electron chi connectivity index (χ2n) is 4.20. The molecule has 4 nitrogen and oxygen atoms in total. The van der Waals surface area contributed by atoms with Crippen LogP contribution in [0.4, 0.5) is 0 Å². The standard InChI is InChI=1S/C11H20N2O2/c1-12-6-4-10(8-12)9-13(2)7-5-11(14)15-3/h5,7,10H,4,6,8-9H2,1-3H3. The van der Waals surface area contributed by atoms with Crippen LogP contribution in [0.15, 0.2) is 12.3 Å². The van der Waals surface area contributed by atoms with Gasteiger partial charge in [0.1, 0.15) is 0 Å². The molecule has 15 heavy (non-hydrogen) atoms. The van der Waals surface area contributed by atoms with Crippen molar-refractivity contribution in [1.82, 2.24) is 9.80 Å². The molecule has 0 aliphatic carbocycles. The van der Waals surface area contributed by atoms with E-state index in [1.807, 2.05) is 11.9 Å². The van der Waals surface area contributed by atoms with Crippen molar-refractivity contribution in [3.8, 4) is 0 Å². The normalized spacial score (nSPS) is 22.2. The molecule has 0 spiro atoms. The van der Waals surface area contributed by atoms with Gasteiger partial charge in [-0.1, -0.05) is 0 Å². The van der Waals surface area contributed by atoms with Gasteiger partial charge in [-0.05, 0) is 25.9 Å². The van der Waals surface area contributed by atoms with Crippen molar-refractivity contribution in [3.05, 3.63) is 12.3 Å². The molecule has 0 N–H and O–H groups in total. The Kier molecular flexibility index (Phi) is 4.62. The molecule has 1 saturated heterocycles. The van der Waals surface area contributed by atoms with Gasteiger partial charge in [0.25, 0.3) is 0 Å². The number of rotatable bonds is 4. The van der Waals surface area contributed by atoms with Gasteiger partial charge in [0.05, 0.1) is 7.11 Å². The van der Waals surface area contributed by atoms with Crippen molar-refractivity contribution in [3.63, 3.8) is 0 Å². The predicted molar refractivity (Wildman–Crippen MR) is 59.4 cm³/mol. The number of hydrogen-bond acceptors (Lipinski definition) is 4. The Morgan fingerprint density at radius 1 is 1.67 bits per heavy atom. The molecule has 1 atom stereocenters. The Morgan fingerprint density at radius 3 is 2.93 bits per heavy atom. The smallest absolute Gasteiger partial charge is 0.331 e. The Morgan fingerprint density at radius 2 is 2.40 bits per heavy atom. The average Bonchev–Trinajstić information content (AvgIpc) is 2.60. The lowest BCUT2D eigenvalue weighted by Gasteiger charge is -2.18. The van der Waals surface area contributed by atoms with E-state index in [1.54, 1.807) is 6.20 Å². The molecule has 0 aromatic carbocycles. The molecule has 0 amide bonds. The fourth-order valence-corrected chi connectivity index (χ4v) is 1.90. The third kappa shape index (κ3) is 4.34. The van der Waals surface area contributed by atoms with Gasteiger partial charge >= 0.3 is 5.97 Å². The van der Waals surface area contributed by atoms with Crippen LogP contribution < -0.4 is 0 Å². The van der Waals surface area contributed by atoms with Crippen molar-refractivity contribution in [1.29, 1.82) is 0 Å². The topological polar surface area (TPSA) is 32.8 Å². The summed E-state index contributed by atoms with van der Waals surface area (Å²) >= 11 is 0. The molecule has 4 heteroatoms. The van der Waals surface area contributed by atoms with E-state index >= 15 is 0 Å². The first kappa shape index (κ1) is 12.0. The highest BCUT2D eigenvalue weighted by Gasteiger charge is 2.19. The van der Waals surface area contributed by atoms with Crippen LogP contribution in [-0.2, 0) is 9.53 Å². The summed E-state index contributed by atoms with van der Waals surface area (Å²) in [5.74, 6) is 0.410. The summed E-state index contributed by atoms with van der Waals surface area (Å²) in [5.41, 5.74) is 0. The summed E-state index contributed by atoms with van der Waals surface area (Å²) in [6.45, 7) is 3.33. The molecule has 1 heterocycles. The van der Waals surface area contributed by atoms with Gasteiger partial charge in [0, 0.05) is 32.4 Å². The van der Waals surface area contributed by atoms with Gasteiger partial charge < -0.3 is 14.5 Å². The van der Waals surface area contributed by atoms with Gasteiger partial charge in [-0.3, -0.25) is 0 Å². The first-order valence-corrected chi connectivity index (χ1v) is 5.26. The number of carbonyl (C=O) groups excluding carboxylic acids is 1. The first-order chi connectivity index (χ1) is 7.11. The third-order valence-corrected chi connectivity index (χ3v) is 2.70. The molecule has 0 saturated carbocycles. The summed E-state index contributed by atoms with van der Waals surface area (Å²) in [5, 5.41) is 0. The fourth-order valence-electron chi connectivity index (χ4n) is 1.90. The van der Waals surface area contributed by atoms with E-state index in [-0.39, 0.29) is 5.97 Å². The number of hydrogen-bond donors (Lipinski definition) is 0. The summed E-state index contributed by atoms with van der Waals surface area (Å²) in [6, 6.07) is 0. The van der Waals surface area contributed by atoms with Gasteiger partial charge in [0.2, 0.25) is 0 Å². The minimum atomic E-state index is -0.301. The maximum atomic E-state index is 10.9. The molecule has 0 radical (unpaired) electrons. The first-order valence-electron chi connectivity index (χ1n) is 5.26. The minimum absolute atomic E-state index is 0.301. The number of ether oxygens (including phenoxy) is 1. The monoisotopic (exact) mass is 212 g/mol. The van der Waals surface area contributed by atoms with E-state index < -0.39 is 0 Å². The molecular formula is C11H20N2O2. The zero-order chi connectivity index (χ0) is 11.3. The van der Waals surface area contributed by atoms with Crippen molar-refractivity contribution < 1.29 is 9.53 Å². The zero-order valence-electron chi connectivity index (χ0n) is 9.77. The van der Waals surface area contributed by atoms with Crippen LogP contribution in [0.25, 0.3) is 0 Å². The highest BCUT2D eigenvalue weighted by atomic mass is 16.5. The van der Waals surface area contributed by atoms with Crippen LogP contribution in [0, 0.1) is 5.92 Å². The molecule has 1 rings (SSSR count). The Labute approximate surface area is 91.5 Å². The van der Waals surface area contributed by atoms with Crippen molar-refractivity contribution in [2.45, 2.75) is 6.42 Å². The number of nitrogens with zero attached hydrogens (tertiary/aromatic N) is 2. The Hall–Kier alpha value is -1.03. The van der Waals surface area contributed by atoms with E-state index in [0.717, 1.165) is 13.1 Å². The molecule has 0 bridgehead atoms. The number of esters is 1. The summed E-state index contributed by atoms with van der Waals surface area (Å²) < 4.78 is 4.53. The Bertz CT molecular complexity index is 241. The van der Waals surface area contributed by atoms with Crippen molar-refractivity contribution in [2.75, 3.05) is 40.8 Å². The summed E-state index contributed by atoms with van der Waals surface area (Å²) in [6.07, 6.45) is 4.48. The largest absolute Gasteiger partial charge is 0.466 e. The molecule has 86 valence electrons. The van der Waals surface area contributed by atoms with E-state index in [2.05, 4.69) is 16.7 Å². The molecule has 1 unspecified atom stereocenters. The lowest BCUT2D eigenvalue weighted by atomic mass is 10.1. The fraction of sp³-hybridized carbons (Fsp3) is 0.727. The Balaban J connectivity index is 2.26. The second kappa shape index (κ2) is 5.75. The minimum Gasteiger partial charge on any atom is -0.466 e. The van der Waals surface area contributed by atoms with Crippen LogP contribution in [-0.4, -0.2) is 56.6 Å². The van der Waals surface area contributed by atoms with Gasteiger partial charge in [-0.15, -0.1) is 0 Å². The van der Waals surface area contributed by atoms with E-state index in [1.165, 1.54) is 26.2 Å². The maximum Gasteiger partial charge on any atom is 0.331 e. The van der Waals surface area contributed by atoms with Crippen LogP contribution in [0.2, 0.25) is 0 Å². The van der Waals surface area contributed by atoms with E-state index in [4.69, 9.17) is 0 Å². The van der Waals surface area contributed by atoms with Gasteiger partial charge in [-0.25, -0.2) is 4.79 Å². The highest BCUT2D eigenvalue weighted by molar-refractivity contribution is 5.81. The molecule has 1 aliphatic heterocycles. The quantitative estimate of drug-likeness (QED) is 0.503. The molecular weight excluding hydrogens is 192 g/mol. The van der Waals surface area contributed by atoms with Gasteiger partial charge in [0.15, 0.2) is 0 Å². The van der Waals surface area contributed by atoms with Crippen molar-refractivity contribution in [2.24, 2.45) is 5.92 Å².